The molecule has 0 bridgehead atoms. The molecule has 0 fully saturated rings. The molecule has 2 heterocycles. The quantitative estimate of drug-likeness (QED) is 0.373. The molecule has 0 spiro atoms. The number of para-hydroxylation sites is 1. The van der Waals surface area contributed by atoms with Gasteiger partial charge in [0.2, 0.25) is 5.88 Å². The number of ether oxygens (including phenoxy) is 2. The van der Waals surface area contributed by atoms with Crippen LogP contribution in [0.3, 0.4) is 0 Å². The van der Waals surface area contributed by atoms with Crippen molar-refractivity contribution >= 4 is 23.2 Å². The maximum absolute atomic E-state index is 12.1. The minimum atomic E-state index is -0.222. The van der Waals surface area contributed by atoms with Crippen LogP contribution in [0.1, 0.15) is 25.3 Å². The van der Waals surface area contributed by atoms with Gasteiger partial charge in [-0.15, -0.1) is 15.3 Å². The Morgan fingerprint density at radius 3 is 2.64 bits per heavy atom. The first-order valence-electron chi connectivity index (χ1n) is 10.6. The fourth-order valence-corrected chi connectivity index (χ4v) is 3.51. The van der Waals surface area contributed by atoms with Gasteiger partial charge in [-0.2, -0.15) is 4.52 Å². The molecule has 0 atom stereocenters. The first kappa shape index (κ1) is 22.5. The average molecular weight is 466 g/mol. The molecule has 0 aliphatic rings. The van der Waals surface area contributed by atoms with Crippen LogP contribution < -0.4 is 14.8 Å². The Balaban J connectivity index is 1.30. The van der Waals surface area contributed by atoms with Crippen molar-refractivity contribution in [3.05, 3.63) is 71.2 Å². The number of nitrogens with one attached hydrogen (secondary N) is 1. The van der Waals surface area contributed by atoms with Crippen molar-refractivity contribution in [3.63, 3.8) is 0 Å². The summed E-state index contributed by atoms with van der Waals surface area (Å²) in [4.78, 5) is 12.1. The molecule has 1 N–H and O–H groups in total. The number of fused-ring (bicyclic) bond motifs is 1. The van der Waals surface area contributed by atoms with Crippen molar-refractivity contribution in [2.24, 2.45) is 0 Å². The number of carbonyl (C=O) groups is 1. The van der Waals surface area contributed by atoms with Crippen LogP contribution in [0.25, 0.3) is 17.0 Å². The molecule has 170 valence electrons. The van der Waals surface area contributed by atoms with Crippen molar-refractivity contribution < 1.29 is 14.3 Å². The van der Waals surface area contributed by atoms with Crippen LogP contribution >= 0.6 is 11.6 Å². The maximum Gasteiger partial charge on any atom is 0.258 e. The van der Waals surface area contributed by atoms with E-state index in [1.165, 1.54) is 0 Å². The van der Waals surface area contributed by atoms with Crippen LogP contribution in [0.15, 0.2) is 60.7 Å². The van der Waals surface area contributed by atoms with E-state index in [1.807, 2.05) is 42.5 Å². The van der Waals surface area contributed by atoms with E-state index in [2.05, 4.69) is 34.5 Å². The van der Waals surface area contributed by atoms with Crippen LogP contribution in [0.2, 0.25) is 5.02 Å². The topological polar surface area (TPSA) is 90.6 Å². The summed E-state index contributed by atoms with van der Waals surface area (Å²) in [5.74, 6) is 1.71. The van der Waals surface area contributed by atoms with Crippen molar-refractivity contribution in [3.8, 4) is 23.0 Å². The lowest BCUT2D eigenvalue weighted by Crippen LogP contribution is -2.32. The highest BCUT2D eigenvalue weighted by Crippen LogP contribution is 2.27. The Kier molecular flexibility index (Phi) is 7.04. The van der Waals surface area contributed by atoms with Gasteiger partial charge in [0.05, 0.1) is 11.6 Å². The fraction of sp³-hybridized carbons (Fsp3) is 0.250. The number of nitrogens with zero attached hydrogens (tertiary/aromatic N) is 4. The number of amides is 1. The maximum atomic E-state index is 12.1. The molecule has 8 nitrogen and oxygen atoms in total. The lowest BCUT2D eigenvalue weighted by molar-refractivity contribution is -0.123. The van der Waals surface area contributed by atoms with E-state index in [4.69, 9.17) is 21.1 Å². The molecular weight excluding hydrogens is 442 g/mol. The van der Waals surface area contributed by atoms with Gasteiger partial charge >= 0.3 is 0 Å². The molecule has 0 unspecified atom stereocenters. The minimum absolute atomic E-state index is 0.0597. The second kappa shape index (κ2) is 10.3. The monoisotopic (exact) mass is 465 g/mol. The van der Waals surface area contributed by atoms with Gasteiger partial charge in [-0.1, -0.05) is 55.8 Å². The zero-order chi connectivity index (χ0) is 23.2. The fourth-order valence-electron chi connectivity index (χ4n) is 3.29. The molecule has 0 aliphatic heterocycles. The molecular formula is C24H24ClN5O3. The van der Waals surface area contributed by atoms with Crippen LogP contribution in [-0.2, 0) is 4.79 Å². The summed E-state index contributed by atoms with van der Waals surface area (Å²) in [6.45, 7) is 4.67. The number of rotatable bonds is 9. The molecule has 0 radical (unpaired) electrons. The van der Waals surface area contributed by atoms with Crippen LogP contribution in [0.5, 0.6) is 11.6 Å². The van der Waals surface area contributed by atoms with E-state index in [0.29, 0.717) is 34.8 Å². The zero-order valence-corrected chi connectivity index (χ0v) is 19.1. The van der Waals surface area contributed by atoms with Gasteiger partial charge in [-0.3, -0.25) is 4.79 Å². The molecule has 33 heavy (non-hydrogen) atoms. The molecule has 0 saturated carbocycles. The van der Waals surface area contributed by atoms with Gasteiger partial charge in [0.1, 0.15) is 12.4 Å². The van der Waals surface area contributed by atoms with Crippen LogP contribution in [-0.4, -0.2) is 45.5 Å². The molecule has 9 heteroatoms. The largest absolute Gasteiger partial charge is 0.483 e. The highest BCUT2D eigenvalue weighted by molar-refractivity contribution is 6.33. The van der Waals surface area contributed by atoms with Crippen molar-refractivity contribution in [1.29, 1.82) is 0 Å². The third-order valence-corrected chi connectivity index (χ3v) is 5.26. The molecule has 1 amide bonds. The summed E-state index contributed by atoms with van der Waals surface area (Å²) in [6.07, 6.45) is 0. The van der Waals surface area contributed by atoms with E-state index in [1.54, 1.807) is 22.7 Å². The predicted molar refractivity (Wildman–Crippen MR) is 126 cm³/mol. The van der Waals surface area contributed by atoms with Crippen LogP contribution in [0, 0.1) is 0 Å². The summed E-state index contributed by atoms with van der Waals surface area (Å²) in [7, 11) is 0. The lowest BCUT2D eigenvalue weighted by Gasteiger charge is -2.13. The first-order valence-corrected chi connectivity index (χ1v) is 11.0. The number of hydrogen-bond donors (Lipinski definition) is 1. The molecule has 4 rings (SSSR count). The Labute approximate surface area is 196 Å². The second-order valence-corrected chi connectivity index (χ2v) is 8.03. The highest BCUT2D eigenvalue weighted by atomic mass is 35.5. The van der Waals surface area contributed by atoms with Crippen molar-refractivity contribution in [1.82, 2.24) is 25.1 Å². The van der Waals surface area contributed by atoms with E-state index in [0.717, 1.165) is 16.9 Å². The molecule has 0 aliphatic carbocycles. The van der Waals surface area contributed by atoms with Gasteiger partial charge in [0.15, 0.2) is 18.1 Å². The summed E-state index contributed by atoms with van der Waals surface area (Å²) < 4.78 is 13.0. The minimum Gasteiger partial charge on any atom is -0.483 e. The predicted octanol–water partition coefficient (Wildman–Crippen LogP) is 4.14. The molecule has 0 saturated heterocycles. The lowest BCUT2D eigenvalue weighted by atomic mass is 10.0. The summed E-state index contributed by atoms with van der Waals surface area (Å²) in [5, 5.41) is 16.1. The smallest absolute Gasteiger partial charge is 0.258 e. The summed E-state index contributed by atoms with van der Waals surface area (Å²) in [6, 6.07) is 18.5. The summed E-state index contributed by atoms with van der Waals surface area (Å²) in [5.41, 5.74) is 2.37. The van der Waals surface area contributed by atoms with E-state index in [-0.39, 0.29) is 19.1 Å². The number of carbonyl (C=O) groups excluding carboxylic acids is 1. The molecule has 2 aromatic carbocycles. The summed E-state index contributed by atoms with van der Waals surface area (Å²) >= 11 is 6.29. The molecule has 2 aromatic heterocycles. The SMILES string of the molecule is CC(C)c1ccccc1OCC(=O)NCCOc1ccc2nnc(-c3ccccc3Cl)n2n1. The zero-order valence-electron chi connectivity index (χ0n) is 18.4. The first-order chi connectivity index (χ1) is 16.0. The number of benzene rings is 2. The highest BCUT2D eigenvalue weighted by Gasteiger charge is 2.13. The van der Waals surface area contributed by atoms with Gasteiger partial charge in [0, 0.05) is 11.6 Å². The van der Waals surface area contributed by atoms with Crippen molar-refractivity contribution in [2.75, 3.05) is 19.8 Å². The standard InChI is InChI=1S/C24H24ClN5O3/c1-16(2)17-7-4-6-10-20(17)33-15-22(31)26-13-14-32-23-12-11-21-27-28-24(30(21)29-23)18-8-3-5-9-19(18)25/h3-12,16H,13-15H2,1-2H3,(H,26,31). The van der Waals surface area contributed by atoms with Gasteiger partial charge in [-0.05, 0) is 35.7 Å². The van der Waals surface area contributed by atoms with Gasteiger partial charge in [0.25, 0.3) is 5.91 Å². The Hall–Kier alpha value is -3.65. The van der Waals surface area contributed by atoms with E-state index >= 15 is 0 Å². The average Bonchev–Trinajstić information content (AvgIpc) is 3.24. The Morgan fingerprint density at radius 2 is 1.82 bits per heavy atom. The number of aromatic nitrogens is 4. The third-order valence-electron chi connectivity index (χ3n) is 4.93. The van der Waals surface area contributed by atoms with Gasteiger partial charge in [-0.25, -0.2) is 0 Å². The Morgan fingerprint density at radius 1 is 1.03 bits per heavy atom. The third kappa shape index (κ3) is 5.40. The second-order valence-electron chi connectivity index (χ2n) is 7.62. The number of halogens is 1. The number of hydrogen-bond acceptors (Lipinski definition) is 6. The normalized spacial score (nSPS) is 11.0. The Bertz CT molecular complexity index is 1260. The van der Waals surface area contributed by atoms with E-state index < -0.39 is 0 Å². The van der Waals surface area contributed by atoms with Gasteiger partial charge < -0.3 is 14.8 Å². The van der Waals surface area contributed by atoms with E-state index in [9.17, 15) is 4.79 Å². The van der Waals surface area contributed by atoms with Crippen LogP contribution in [0.4, 0.5) is 0 Å². The molecule has 4 aromatic rings. The van der Waals surface area contributed by atoms with Crippen molar-refractivity contribution in [2.45, 2.75) is 19.8 Å².